The minimum Gasteiger partial charge on any atom is -0.279 e. The number of rotatable bonds is 6. The van der Waals surface area contributed by atoms with Crippen molar-refractivity contribution in [3.05, 3.63) is 229 Å². The number of fused-ring (bicyclic) bond motifs is 7. The Balaban J connectivity index is 1.04. The summed E-state index contributed by atoms with van der Waals surface area (Å²) < 4.78 is 0. The predicted molar refractivity (Wildman–Crippen MR) is 243 cm³/mol. The van der Waals surface area contributed by atoms with E-state index in [0.29, 0.717) is 0 Å². The van der Waals surface area contributed by atoms with Gasteiger partial charge in [-0.25, -0.2) is 0 Å². The van der Waals surface area contributed by atoms with Gasteiger partial charge in [0.05, 0.1) is 18.5 Å². The summed E-state index contributed by atoms with van der Waals surface area (Å²) in [6, 6.07) is 77.4. The van der Waals surface area contributed by atoms with Crippen molar-refractivity contribution in [1.29, 1.82) is 0 Å². The van der Waals surface area contributed by atoms with Crippen molar-refractivity contribution in [3.63, 3.8) is 0 Å². The first-order chi connectivity index (χ1) is 28.7. The van der Waals surface area contributed by atoms with Crippen molar-refractivity contribution in [1.82, 2.24) is 16.0 Å². The largest absolute Gasteiger partial charge is 0.279 e. The molecule has 0 saturated carbocycles. The van der Waals surface area contributed by atoms with Crippen LogP contribution in [0.5, 0.6) is 0 Å². The maximum Gasteiger partial charge on any atom is 0.0864 e. The van der Waals surface area contributed by atoms with Crippen molar-refractivity contribution in [2.24, 2.45) is 0 Å². The maximum atomic E-state index is 3.96. The molecule has 1 fully saturated rings. The lowest BCUT2D eigenvalue weighted by Gasteiger charge is -2.40. The first kappa shape index (κ1) is 34.4. The molecule has 3 atom stereocenters. The van der Waals surface area contributed by atoms with E-state index in [2.05, 4.69) is 228 Å². The lowest BCUT2D eigenvalue weighted by Crippen LogP contribution is -2.54. The molecule has 11 rings (SSSR count). The third kappa shape index (κ3) is 6.14. The van der Waals surface area contributed by atoms with E-state index in [-0.39, 0.29) is 18.5 Å². The van der Waals surface area contributed by atoms with E-state index in [9.17, 15) is 0 Å². The molecule has 0 aromatic heterocycles. The molecule has 0 amide bonds. The maximum absolute atomic E-state index is 3.96. The molecule has 0 spiro atoms. The van der Waals surface area contributed by atoms with Gasteiger partial charge in [-0.3, -0.25) is 16.0 Å². The fourth-order valence-corrected chi connectivity index (χ4v) is 9.17. The molecule has 1 saturated heterocycles. The van der Waals surface area contributed by atoms with E-state index in [0.717, 1.165) is 0 Å². The highest BCUT2D eigenvalue weighted by molar-refractivity contribution is 6.26. The average Bonchev–Trinajstić information content (AvgIpc) is 3.31. The minimum absolute atomic E-state index is 0.0712. The van der Waals surface area contributed by atoms with Gasteiger partial charge < -0.3 is 0 Å². The fourth-order valence-electron chi connectivity index (χ4n) is 9.17. The van der Waals surface area contributed by atoms with Crippen LogP contribution in [0.2, 0.25) is 0 Å². The molecule has 3 unspecified atom stereocenters. The highest BCUT2D eigenvalue weighted by atomic mass is 15.4. The molecule has 276 valence electrons. The van der Waals surface area contributed by atoms with E-state index in [4.69, 9.17) is 0 Å². The van der Waals surface area contributed by atoms with Crippen molar-refractivity contribution < 1.29 is 0 Å². The molecule has 1 aliphatic heterocycles. The van der Waals surface area contributed by atoms with E-state index in [1.807, 2.05) is 0 Å². The molecule has 10 aromatic carbocycles. The number of hydrogen-bond acceptors (Lipinski definition) is 3. The SMILES string of the molecule is c1ccc(-c2cccc(C3NC(c4ccccc4)NC(c4cccc(-c5c(-c6ccc7c8ccccc8c8ccccc8c7c6)ccc6ccccc56)c4)N3)c2)cc1. The second-order valence-electron chi connectivity index (χ2n) is 15.4. The van der Waals surface area contributed by atoms with Crippen LogP contribution in [-0.2, 0) is 0 Å². The van der Waals surface area contributed by atoms with Gasteiger partial charge >= 0.3 is 0 Å². The second kappa shape index (κ2) is 14.6. The standard InChI is InChI=1S/C55H41N3/c1-3-15-36(16-4-1)39-20-13-22-42(33-39)54-56-53(38-18-5-2-6-19-38)57-55(58-54)43-23-14-21-41(34-43)52-44-24-8-7-17-37(44)29-31-45(52)40-30-32-50-48-27-10-9-25-46(48)47-26-11-12-28-49(47)51(50)35-40/h1-35,53-58H. The molecule has 3 N–H and O–H groups in total. The molecule has 10 aromatic rings. The Bertz CT molecular complexity index is 3080. The van der Waals surface area contributed by atoms with Crippen LogP contribution in [0, 0.1) is 0 Å². The quantitative estimate of drug-likeness (QED) is 0.148. The summed E-state index contributed by atoms with van der Waals surface area (Å²) in [5.41, 5.74) is 10.8. The van der Waals surface area contributed by atoms with Crippen LogP contribution in [0.1, 0.15) is 35.2 Å². The molecular weight excluding hydrogens is 703 g/mol. The van der Waals surface area contributed by atoms with Gasteiger partial charge in [0.1, 0.15) is 0 Å². The van der Waals surface area contributed by atoms with Crippen LogP contribution in [0.15, 0.2) is 212 Å². The van der Waals surface area contributed by atoms with Gasteiger partial charge in [0.2, 0.25) is 0 Å². The van der Waals surface area contributed by atoms with Crippen LogP contribution >= 0.6 is 0 Å². The van der Waals surface area contributed by atoms with E-state index >= 15 is 0 Å². The molecule has 0 aliphatic carbocycles. The molecular formula is C55H41N3. The Kier molecular flexibility index (Phi) is 8.63. The average molecular weight is 744 g/mol. The third-order valence-electron chi connectivity index (χ3n) is 12.0. The number of nitrogens with one attached hydrogen (secondary N) is 3. The molecule has 0 radical (unpaired) electrons. The van der Waals surface area contributed by atoms with E-state index in [1.165, 1.54) is 93.2 Å². The van der Waals surface area contributed by atoms with Crippen LogP contribution in [0.25, 0.3) is 76.5 Å². The van der Waals surface area contributed by atoms with Gasteiger partial charge in [0.15, 0.2) is 0 Å². The topological polar surface area (TPSA) is 36.1 Å². The lowest BCUT2D eigenvalue weighted by molar-refractivity contribution is 0.203. The van der Waals surface area contributed by atoms with Crippen molar-refractivity contribution in [2.45, 2.75) is 18.5 Å². The Hall–Kier alpha value is -6.88. The highest BCUT2D eigenvalue weighted by Crippen LogP contribution is 2.42. The van der Waals surface area contributed by atoms with Gasteiger partial charge in [-0.2, -0.15) is 0 Å². The molecule has 0 bridgehead atoms. The molecule has 3 nitrogen and oxygen atoms in total. The Morgan fingerprint density at radius 1 is 0.259 bits per heavy atom. The monoisotopic (exact) mass is 743 g/mol. The van der Waals surface area contributed by atoms with Crippen LogP contribution in [-0.4, -0.2) is 0 Å². The van der Waals surface area contributed by atoms with Gasteiger partial charge in [-0.1, -0.05) is 194 Å². The fraction of sp³-hybridized carbons (Fsp3) is 0.0545. The zero-order valence-corrected chi connectivity index (χ0v) is 31.9. The Labute approximate surface area is 338 Å². The second-order valence-corrected chi connectivity index (χ2v) is 15.4. The summed E-state index contributed by atoms with van der Waals surface area (Å²) in [5, 5.41) is 21.9. The Morgan fingerprint density at radius 2 is 0.724 bits per heavy atom. The van der Waals surface area contributed by atoms with Crippen molar-refractivity contribution >= 4 is 43.1 Å². The van der Waals surface area contributed by atoms with E-state index in [1.54, 1.807) is 0 Å². The first-order valence-corrected chi connectivity index (χ1v) is 20.2. The van der Waals surface area contributed by atoms with Crippen molar-refractivity contribution in [2.75, 3.05) is 0 Å². The molecule has 58 heavy (non-hydrogen) atoms. The van der Waals surface area contributed by atoms with Crippen molar-refractivity contribution in [3.8, 4) is 33.4 Å². The van der Waals surface area contributed by atoms with Crippen LogP contribution < -0.4 is 16.0 Å². The summed E-state index contributed by atoms with van der Waals surface area (Å²) in [5.74, 6) is 0. The Morgan fingerprint density at radius 3 is 1.38 bits per heavy atom. The summed E-state index contributed by atoms with van der Waals surface area (Å²) in [6.45, 7) is 0. The molecule has 3 heteroatoms. The van der Waals surface area contributed by atoms with Crippen LogP contribution in [0.4, 0.5) is 0 Å². The zero-order chi connectivity index (χ0) is 38.4. The zero-order valence-electron chi connectivity index (χ0n) is 31.9. The minimum atomic E-state index is -0.129. The molecule has 1 aliphatic rings. The van der Waals surface area contributed by atoms with Gasteiger partial charge in [0, 0.05) is 0 Å². The number of hydrogen-bond donors (Lipinski definition) is 3. The van der Waals surface area contributed by atoms with Gasteiger partial charge in [0.25, 0.3) is 0 Å². The molecule has 1 heterocycles. The summed E-state index contributed by atoms with van der Waals surface area (Å²) in [7, 11) is 0. The van der Waals surface area contributed by atoms with Crippen LogP contribution in [0.3, 0.4) is 0 Å². The summed E-state index contributed by atoms with van der Waals surface area (Å²) >= 11 is 0. The first-order valence-electron chi connectivity index (χ1n) is 20.2. The summed E-state index contributed by atoms with van der Waals surface area (Å²) in [6.07, 6.45) is -0.297. The predicted octanol–water partition coefficient (Wildman–Crippen LogP) is 13.5. The highest BCUT2D eigenvalue weighted by Gasteiger charge is 2.30. The van der Waals surface area contributed by atoms with Gasteiger partial charge in [-0.05, 0) is 111 Å². The number of benzene rings is 10. The van der Waals surface area contributed by atoms with E-state index < -0.39 is 0 Å². The normalized spacial score (nSPS) is 16.9. The lowest BCUT2D eigenvalue weighted by atomic mass is 9.87. The summed E-state index contributed by atoms with van der Waals surface area (Å²) in [4.78, 5) is 0. The van der Waals surface area contributed by atoms with Gasteiger partial charge in [-0.15, -0.1) is 0 Å². The third-order valence-corrected chi connectivity index (χ3v) is 12.0. The smallest absolute Gasteiger partial charge is 0.0864 e.